The summed E-state index contributed by atoms with van der Waals surface area (Å²) in [6.45, 7) is 3.95. The lowest BCUT2D eigenvalue weighted by Gasteiger charge is -2.26. The summed E-state index contributed by atoms with van der Waals surface area (Å²) in [5.41, 5.74) is 20.3. The molecule has 0 aliphatic heterocycles. The van der Waals surface area contributed by atoms with Gasteiger partial charge in [0.05, 0.1) is 6.04 Å². The maximum atomic E-state index is 13.9. The van der Waals surface area contributed by atoms with E-state index in [1.165, 1.54) is 0 Å². The third-order valence-corrected chi connectivity index (χ3v) is 8.58. The van der Waals surface area contributed by atoms with Gasteiger partial charge in [-0.3, -0.25) is 19.4 Å². The van der Waals surface area contributed by atoms with Crippen LogP contribution in [0.1, 0.15) is 44.2 Å². The van der Waals surface area contributed by atoms with Crippen molar-refractivity contribution in [3.05, 3.63) is 72.1 Å². The van der Waals surface area contributed by atoms with Gasteiger partial charge in [-0.15, -0.1) is 0 Å². The van der Waals surface area contributed by atoms with Gasteiger partial charge >= 0.3 is 5.97 Å². The number of amides is 3. The zero-order valence-electron chi connectivity index (χ0n) is 27.2. The Balaban J connectivity index is 1.57. The van der Waals surface area contributed by atoms with Crippen molar-refractivity contribution < 1.29 is 24.3 Å². The summed E-state index contributed by atoms with van der Waals surface area (Å²) in [7, 11) is 0. The molecule has 0 fully saturated rings. The van der Waals surface area contributed by atoms with Crippen molar-refractivity contribution in [2.75, 3.05) is 6.54 Å². The number of carbonyl (C=O) groups excluding carboxylic acids is 3. The molecule has 0 spiro atoms. The Labute approximate surface area is 278 Å². The highest BCUT2D eigenvalue weighted by Crippen LogP contribution is 2.21. The van der Waals surface area contributed by atoms with Gasteiger partial charge in [0.1, 0.15) is 18.1 Å². The number of guanidine groups is 1. The van der Waals surface area contributed by atoms with E-state index in [1.807, 2.05) is 62.4 Å². The number of carbonyl (C=O) groups is 4. The first-order chi connectivity index (χ1) is 23.0. The van der Waals surface area contributed by atoms with Crippen LogP contribution in [0.2, 0.25) is 0 Å². The molecule has 14 heteroatoms. The van der Waals surface area contributed by atoms with Gasteiger partial charge in [-0.1, -0.05) is 56.7 Å². The fraction of sp³-hybridized carbons (Fsp3) is 0.382. The Morgan fingerprint density at radius 3 is 1.83 bits per heavy atom. The number of fused-ring (bicyclic) bond motifs is 2. The number of nitrogens with two attached hydrogens (primary N) is 3. The van der Waals surface area contributed by atoms with Gasteiger partial charge in [-0.25, -0.2) is 4.79 Å². The zero-order valence-corrected chi connectivity index (χ0v) is 27.2. The first-order valence-corrected chi connectivity index (χ1v) is 16.0. The van der Waals surface area contributed by atoms with E-state index in [-0.39, 0.29) is 37.7 Å². The molecule has 0 radical (unpaired) electrons. The Morgan fingerprint density at radius 2 is 1.29 bits per heavy atom. The minimum absolute atomic E-state index is 0.00645. The number of carboxylic acid groups (broad SMARTS) is 1. The first kappa shape index (κ1) is 35.5. The fourth-order valence-corrected chi connectivity index (χ4v) is 5.55. The van der Waals surface area contributed by atoms with E-state index in [0.717, 1.165) is 27.4 Å². The molecule has 3 amide bonds. The van der Waals surface area contributed by atoms with Crippen molar-refractivity contribution >= 4 is 51.5 Å². The molecule has 12 N–H and O–H groups in total. The van der Waals surface area contributed by atoms with E-state index >= 15 is 0 Å². The first-order valence-electron chi connectivity index (χ1n) is 16.0. The second kappa shape index (κ2) is 16.5. The molecule has 2 heterocycles. The number of nitrogens with one attached hydrogen (secondary N) is 5. The van der Waals surface area contributed by atoms with Crippen molar-refractivity contribution in [3.8, 4) is 0 Å². The lowest BCUT2D eigenvalue weighted by atomic mass is 9.98. The Kier molecular flexibility index (Phi) is 12.2. The van der Waals surface area contributed by atoms with Crippen molar-refractivity contribution in [3.63, 3.8) is 0 Å². The lowest BCUT2D eigenvalue weighted by molar-refractivity contribution is -0.142. The molecule has 0 bridgehead atoms. The van der Waals surface area contributed by atoms with Gasteiger partial charge in [0.2, 0.25) is 17.7 Å². The van der Waals surface area contributed by atoms with Crippen LogP contribution in [0.3, 0.4) is 0 Å². The Hall–Kier alpha value is -5.37. The summed E-state index contributed by atoms with van der Waals surface area (Å²) in [5, 5.41) is 19.9. The number of hydrogen-bond donors (Lipinski definition) is 9. The molecule has 256 valence electrons. The largest absolute Gasteiger partial charge is 0.480 e. The van der Waals surface area contributed by atoms with E-state index < -0.39 is 47.9 Å². The minimum Gasteiger partial charge on any atom is -0.480 e. The number of para-hydroxylation sites is 2. The second-order valence-corrected chi connectivity index (χ2v) is 12.0. The number of aliphatic imine (C=N–C) groups is 1. The maximum Gasteiger partial charge on any atom is 0.326 e. The molecule has 0 saturated carbocycles. The van der Waals surface area contributed by atoms with Crippen LogP contribution in [-0.2, 0) is 32.0 Å². The summed E-state index contributed by atoms with van der Waals surface area (Å²) in [6, 6.07) is 10.6. The van der Waals surface area contributed by atoms with E-state index in [0.29, 0.717) is 18.4 Å². The predicted molar refractivity (Wildman–Crippen MR) is 185 cm³/mol. The zero-order chi connectivity index (χ0) is 34.8. The monoisotopic (exact) mass is 659 g/mol. The van der Waals surface area contributed by atoms with Gasteiger partial charge in [0.25, 0.3) is 0 Å². The summed E-state index contributed by atoms with van der Waals surface area (Å²) in [6.07, 6.45) is 4.65. The number of hydrogen-bond acceptors (Lipinski definition) is 6. The molecule has 0 saturated heterocycles. The molecular weight excluding hydrogens is 614 g/mol. The summed E-state index contributed by atoms with van der Waals surface area (Å²) < 4.78 is 0. The third-order valence-electron chi connectivity index (χ3n) is 8.58. The highest BCUT2D eigenvalue weighted by molar-refractivity contribution is 5.95. The van der Waals surface area contributed by atoms with Gasteiger partial charge < -0.3 is 48.2 Å². The van der Waals surface area contributed by atoms with Crippen molar-refractivity contribution in [2.24, 2.45) is 28.1 Å². The summed E-state index contributed by atoms with van der Waals surface area (Å²) in [5.74, 6) is -3.32. The molecule has 2 aromatic heterocycles. The highest BCUT2D eigenvalue weighted by atomic mass is 16.4. The number of aromatic nitrogens is 2. The number of benzene rings is 2. The van der Waals surface area contributed by atoms with Gasteiger partial charge in [0.15, 0.2) is 5.96 Å². The maximum absolute atomic E-state index is 13.9. The molecule has 4 rings (SSSR count). The normalized spacial score (nSPS) is 14.4. The smallest absolute Gasteiger partial charge is 0.326 e. The highest BCUT2D eigenvalue weighted by Gasteiger charge is 2.32. The standard InChI is InChI=1S/C34H45N9O5/c1-3-19(2)29(35)32(46)42-27(15-20-17-39-24-11-6-4-9-22(20)24)31(45)41-26(13-8-14-38-34(36)37)30(44)43-28(33(47)48)16-21-18-40-25-12-7-5-10-23(21)25/h4-7,9-12,17-19,26-29,39-40H,3,8,13-16,35H2,1-2H3,(H,41,45)(H,42,46)(H,43,44)(H,47,48)(H4,36,37,38). The molecule has 2 aromatic carbocycles. The van der Waals surface area contributed by atoms with Crippen molar-refractivity contribution in [2.45, 2.75) is 70.1 Å². The van der Waals surface area contributed by atoms with E-state index in [9.17, 15) is 24.3 Å². The predicted octanol–water partition coefficient (Wildman–Crippen LogP) is 1.40. The average molecular weight is 660 g/mol. The van der Waals surface area contributed by atoms with Crippen LogP contribution >= 0.6 is 0 Å². The van der Waals surface area contributed by atoms with Crippen LogP contribution in [0.25, 0.3) is 21.8 Å². The lowest BCUT2D eigenvalue weighted by Crippen LogP contribution is -2.58. The van der Waals surface area contributed by atoms with Crippen LogP contribution in [0.5, 0.6) is 0 Å². The molecule has 5 unspecified atom stereocenters. The fourth-order valence-electron chi connectivity index (χ4n) is 5.55. The van der Waals surface area contributed by atoms with E-state index in [4.69, 9.17) is 17.2 Å². The average Bonchev–Trinajstić information content (AvgIpc) is 3.68. The number of aromatic amines is 2. The van der Waals surface area contributed by atoms with Crippen LogP contribution in [0, 0.1) is 5.92 Å². The van der Waals surface area contributed by atoms with Crippen LogP contribution in [0.15, 0.2) is 65.9 Å². The molecule has 5 atom stereocenters. The molecule has 4 aromatic rings. The number of aliphatic carboxylic acids is 1. The van der Waals surface area contributed by atoms with E-state index in [2.05, 4.69) is 30.9 Å². The number of carboxylic acids is 1. The third kappa shape index (κ3) is 9.12. The number of nitrogens with zero attached hydrogens (tertiary/aromatic N) is 1. The van der Waals surface area contributed by atoms with Crippen LogP contribution in [-0.4, -0.2) is 75.4 Å². The Bertz CT molecular complexity index is 1760. The molecular formula is C34H45N9O5. The molecule has 0 aliphatic carbocycles. The SMILES string of the molecule is CCC(C)C(N)C(=O)NC(Cc1c[nH]c2ccccc12)C(=O)NC(CCCN=C(N)N)C(=O)NC(Cc1c[nH]c2ccccc12)C(=O)O. The Morgan fingerprint density at radius 1 is 0.792 bits per heavy atom. The number of H-pyrrole nitrogens is 2. The minimum atomic E-state index is -1.29. The van der Waals surface area contributed by atoms with Gasteiger partial charge in [0, 0.05) is 53.6 Å². The number of rotatable bonds is 17. The quantitative estimate of drug-likeness (QED) is 0.0454. The van der Waals surface area contributed by atoms with Crippen molar-refractivity contribution in [1.82, 2.24) is 25.9 Å². The van der Waals surface area contributed by atoms with Gasteiger partial charge in [-0.2, -0.15) is 0 Å². The molecule has 48 heavy (non-hydrogen) atoms. The van der Waals surface area contributed by atoms with Crippen LogP contribution in [0.4, 0.5) is 0 Å². The molecule has 14 nitrogen and oxygen atoms in total. The summed E-state index contributed by atoms with van der Waals surface area (Å²) >= 11 is 0. The topological polar surface area (TPSA) is 247 Å². The van der Waals surface area contributed by atoms with Crippen molar-refractivity contribution in [1.29, 1.82) is 0 Å². The van der Waals surface area contributed by atoms with E-state index in [1.54, 1.807) is 12.4 Å². The van der Waals surface area contributed by atoms with Gasteiger partial charge in [-0.05, 0) is 42.0 Å². The summed E-state index contributed by atoms with van der Waals surface area (Å²) in [4.78, 5) is 63.4. The van der Waals surface area contributed by atoms with Crippen LogP contribution < -0.4 is 33.2 Å². The second-order valence-electron chi connectivity index (χ2n) is 12.0. The molecule has 0 aliphatic rings.